The highest BCUT2D eigenvalue weighted by atomic mass is 32.2. The van der Waals surface area contributed by atoms with E-state index in [0.717, 1.165) is 24.7 Å². The highest BCUT2D eigenvalue weighted by molar-refractivity contribution is 7.89. The molecule has 2 heterocycles. The van der Waals surface area contributed by atoms with Gasteiger partial charge < -0.3 is 4.57 Å². The second-order valence-electron chi connectivity index (χ2n) is 6.59. The third-order valence-corrected chi connectivity index (χ3v) is 6.84. The first-order valence-electron chi connectivity index (χ1n) is 8.12. The van der Waals surface area contributed by atoms with Crippen molar-refractivity contribution < 1.29 is 12.8 Å². The number of aromatic nitrogens is 3. The second kappa shape index (κ2) is 5.63. The molecule has 0 radical (unpaired) electrons. The average molecular weight is 350 g/mol. The maximum Gasteiger partial charge on any atom is 0.243 e. The van der Waals surface area contributed by atoms with Gasteiger partial charge in [0.2, 0.25) is 10.0 Å². The standard InChI is InChI=1S/C16H19FN4O2S/c1-11-2-5-13(17)8-15(11)24(22,23)20-7-6-14(9-20)21-10-18-19-16(21)12-3-4-12/h2,5,8,10,12,14H,3-4,6-7,9H2,1H3. The fourth-order valence-corrected chi connectivity index (χ4v) is 5.04. The van der Waals surface area contributed by atoms with Crippen LogP contribution in [0.1, 0.15) is 42.6 Å². The smallest absolute Gasteiger partial charge is 0.243 e. The summed E-state index contributed by atoms with van der Waals surface area (Å²) < 4.78 is 42.7. The van der Waals surface area contributed by atoms with E-state index in [1.54, 1.807) is 13.3 Å². The largest absolute Gasteiger partial charge is 0.313 e. The van der Waals surface area contributed by atoms with E-state index >= 15 is 0 Å². The predicted octanol–water partition coefficient (Wildman–Crippen LogP) is 2.24. The Bertz CT molecular complexity index is 876. The number of sulfonamides is 1. The SMILES string of the molecule is Cc1ccc(F)cc1S(=O)(=O)N1CCC(n2cnnc2C2CC2)C1. The number of aryl methyl sites for hydroxylation is 1. The Morgan fingerprint density at radius 3 is 2.79 bits per heavy atom. The lowest BCUT2D eigenvalue weighted by Crippen LogP contribution is -2.30. The quantitative estimate of drug-likeness (QED) is 0.848. The molecule has 0 spiro atoms. The van der Waals surface area contributed by atoms with Crippen LogP contribution in [-0.2, 0) is 10.0 Å². The molecule has 1 saturated heterocycles. The molecule has 2 aromatic rings. The van der Waals surface area contributed by atoms with Gasteiger partial charge in [-0.25, -0.2) is 12.8 Å². The maximum absolute atomic E-state index is 13.5. The van der Waals surface area contributed by atoms with Crippen molar-refractivity contribution >= 4 is 10.0 Å². The molecule has 8 heteroatoms. The minimum absolute atomic E-state index is 0.0410. The van der Waals surface area contributed by atoms with E-state index in [0.29, 0.717) is 31.0 Å². The van der Waals surface area contributed by atoms with Crippen molar-refractivity contribution in [2.24, 2.45) is 0 Å². The zero-order valence-corrected chi connectivity index (χ0v) is 14.2. The molecule has 1 aliphatic carbocycles. The van der Waals surface area contributed by atoms with Gasteiger partial charge in [-0.3, -0.25) is 0 Å². The Morgan fingerprint density at radius 2 is 2.04 bits per heavy atom. The van der Waals surface area contributed by atoms with Crippen LogP contribution in [0.2, 0.25) is 0 Å². The Labute approximate surface area is 140 Å². The molecule has 1 aromatic carbocycles. The molecule has 0 N–H and O–H groups in total. The average Bonchev–Trinajstić information content (AvgIpc) is 3.08. The van der Waals surface area contributed by atoms with Gasteiger partial charge in [0.1, 0.15) is 18.0 Å². The predicted molar refractivity (Wildman–Crippen MR) is 85.5 cm³/mol. The fraction of sp³-hybridized carbons (Fsp3) is 0.500. The Morgan fingerprint density at radius 1 is 1.25 bits per heavy atom. The summed E-state index contributed by atoms with van der Waals surface area (Å²) in [5.41, 5.74) is 0.558. The van der Waals surface area contributed by atoms with Crippen molar-refractivity contribution in [2.75, 3.05) is 13.1 Å². The first-order valence-corrected chi connectivity index (χ1v) is 9.56. The number of hydrogen-bond donors (Lipinski definition) is 0. The van der Waals surface area contributed by atoms with E-state index in [1.807, 2.05) is 4.57 Å². The summed E-state index contributed by atoms with van der Waals surface area (Å²) in [5.74, 6) is 0.884. The lowest BCUT2D eigenvalue weighted by molar-refractivity contribution is 0.445. The van der Waals surface area contributed by atoms with Crippen molar-refractivity contribution in [3.63, 3.8) is 0 Å². The molecule has 0 bridgehead atoms. The van der Waals surface area contributed by atoms with Crippen molar-refractivity contribution in [3.05, 3.63) is 41.7 Å². The van der Waals surface area contributed by atoms with Gasteiger partial charge >= 0.3 is 0 Å². The number of nitrogens with zero attached hydrogens (tertiary/aromatic N) is 4. The van der Waals surface area contributed by atoms with Crippen molar-refractivity contribution in [2.45, 2.75) is 43.0 Å². The van der Waals surface area contributed by atoms with Gasteiger partial charge in [0.15, 0.2) is 0 Å². The molecule has 1 aliphatic heterocycles. The lowest BCUT2D eigenvalue weighted by atomic mass is 10.2. The van der Waals surface area contributed by atoms with Crippen LogP contribution in [0, 0.1) is 12.7 Å². The molecule has 4 rings (SSSR count). The third kappa shape index (κ3) is 2.63. The van der Waals surface area contributed by atoms with E-state index in [1.165, 1.54) is 16.4 Å². The summed E-state index contributed by atoms with van der Waals surface area (Å²) in [5, 5.41) is 8.18. The highest BCUT2D eigenvalue weighted by Crippen LogP contribution is 2.40. The second-order valence-corrected chi connectivity index (χ2v) is 8.49. The summed E-state index contributed by atoms with van der Waals surface area (Å²) in [4.78, 5) is 0.0503. The molecule has 0 amide bonds. The Balaban J connectivity index is 1.60. The van der Waals surface area contributed by atoms with Crippen molar-refractivity contribution in [3.8, 4) is 0 Å². The molecule has 2 fully saturated rings. The van der Waals surface area contributed by atoms with Crippen LogP contribution < -0.4 is 0 Å². The van der Waals surface area contributed by atoms with Gasteiger partial charge in [-0.1, -0.05) is 6.07 Å². The molecule has 1 atom stereocenters. The van der Waals surface area contributed by atoms with Gasteiger partial charge in [-0.05, 0) is 43.9 Å². The molecule has 1 aromatic heterocycles. The molecule has 1 saturated carbocycles. The number of rotatable bonds is 4. The molecule has 2 aliphatic rings. The minimum atomic E-state index is -3.69. The van der Waals surface area contributed by atoms with Gasteiger partial charge in [0, 0.05) is 19.0 Å². The van der Waals surface area contributed by atoms with Gasteiger partial charge in [0.25, 0.3) is 0 Å². The molecule has 1 unspecified atom stereocenters. The number of benzene rings is 1. The van der Waals surface area contributed by atoms with E-state index in [9.17, 15) is 12.8 Å². The van der Waals surface area contributed by atoms with Gasteiger partial charge in [0.05, 0.1) is 10.9 Å². The third-order valence-electron chi connectivity index (χ3n) is 4.83. The van der Waals surface area contributed by atoms with E-state index in [-0.39, 0.29) is 10.9 Å². The first-order chi connectivity index (χ1) is 11.5. The van der Waals surface area contributed by atoms with E-state index < -0.39 is 15.8 Å². The van der Waals surface area contributed by atoms with E-state index in [4.69, 9.17) is 0 Å². The lowest BCUT2D eigenvalue weighted by Gasteiger charge is -2.19. The van der Waals surface area contributed by atoms with Crippen molar-refractivity contribution in [1.82, 2.24) is 19.1 Å². The molecule has 24 heavy (non-hydrogen) atoms. The Hall–Kier alpha value is -1.80. The normalized spacial score (nSPS) is 22.2. The zero-order chi connectivity index (χ0) is 16.9. The first kappa shape index (κ1) is 15.7. The summed E-state index contributed by atoms with van der Waals surface area (Å²) >= 11 is 0. The van der Waals surface area contributed by atoms with Crippen LogP contribution >= 0.6 is 0 Å². The topological polar surface area (TPSA) is 68.1 Å². The molecule has 128 valence electrons. The van der Waals surface area contributed by atoms with Crippen molar-refractivity contribution in [1.29, 1.82) is 0 Å². The van der Waals surface area contributed by atoms with Crippen LogP contribution in [0.25, 0.3) is 0 Å². The fourth-order valence-electron chi connectivity index (χ4n) is 3.31. The summed E-state index contributed by atoms with van der Waals surface area (Å²) in [6.45, 7) is 2.48. The van der Waals surface area contributed by atoms with E-state index in [2.05, 4.69) is 10.2 Å². The van der Waals surface area contributed by atoms with Crippen LogP contribution in [0.15, 0.2) is 29.4 Å². The summed E-state index contributed by atoms with van der Waals surface area (Å²) in [6.07, 6.45) is 4.65. The van der Waals surface area contributed by atoms with Gasteiger partial charge in [-0.2, -0.15) is 4.31 Å². The number of hydrogen-bond acceptors (Lipinski definition) is 4. The van der Waals surface area contributed by atoms with Gasteiger partial charge in [-0.15, -0.1) is 10.2 Å². The van der Waals surface area contributed by atoms with Crippen LogP contribution in [0.4, 0.5) is 4.39 Å². The number of halogens is 1. The minimum Gasteiger partial charge on any atom is -0.313 e. The van der Waals surface area contributed by atoms with Crippen LogP contribution in [0.5, 0.6) is 0 Å². The van der Waals surface area contributed by atoms with Crippen LogP contribution in [-0.4, -0.2) is 40.6 Å². The monoisotopic (exact) mass is 350 g/mol. The summed E-state index contributed by atoms with van der Waals surface area (Å²) in [7, 11) is -3.69. The molecule has 6 nitrogen and oxygen atoms in total. The molecular weight excluding hydrogens is 331 g/mol. The van der Waals surface area contributed by atoms with Crippen LogP contribution in [0.3, 0.4) is 0 Å². The molecular formula is C16H19FN4O2S. The summed E-state index contributed by atoms with van der Waals surface area (Å²) in [6, 6.07) is 3.92. The zero-order valence-electron chi connectivity index (χ0n) is 13.4. The maximum atomic E-state index is 13.5. The highest BCUT2D eigenvalue weighted by Gasteiger charge is 2.37. The Kier molecular flexibility index (Phi) is 3.69.